The molecule has 186 valence electrons. The van der Waals surface area contributed by atoms with Gasteiger partial charge in [-0.15, -0.1) is 0 Å². The lowest BCUT2D eigenvalue weighted by molar-refractivity contribution is -0.126. The van der Waals surface area contributed by atoms with Gasteiger partial charge in [0.15, 0.2) is 0 Å². The first kappa shape index (κ1) is 25.2. The molecule has 0 radical (unpaired) electrons. The number of nitrogens with one attached hydrogen (secondary N) is 2. The molecule has 2 N–H and O–H groups in total. The number of hydrogen-bond donors (Lipinski definition) is 2. The van der Waals surface area contributed by atoms with Crippen molar-refractivity contribution in [3.63, 3.8) is 0 Å². The number of anilines is 1. The topological polar surface area (TPSA) is 86.2 Å². The summed E-state index contributed by atoms with van der Waals surface area (Å²) >= 11 is 0. The summed E-state index contributed by atoms with van der Waals surface area (Å²) in [5.74, 6) is -0.424. The Morgan fingerprint density at radius 2 is 1.50 bits per heavy atom. The number of halogens is 1. The minimum atomic E-state index is -0.247. The van der Waals surface area contributed by atoms with Gasteiger partial charge in [-0.05, 0) is 80.4 Å². The second kappa shape index (κ2) is 12.7. The van der Waals surface area contributed by atoms with Gasteiger partial charge in [-0.25, -0.2) is 4.39 Å². The smallest absolute Gasteiger partial charge is 0.238 e. The fourth-order valence-electron chi connectivity index (χ4n) is 4.14. The zero-order valence-corrected chi connectivity index (χ0v) is 20.1. The Kier molecular flexibility index (Phi) is 8.88. The third kappa shape index (κ3) is 7.55. The minimum Gasteiger partial charge on any atom is -0.356 e. The van der Waals surface area contributed by atoms with Crippen LogP contribution in [0.3, 0.4) is 0 Å². The Bertz CT molecular complexity index is 1180. The van der Waals surface area contributed by atoms with Gasteiger partial charge in [0.1, 0.15) is 5.82 Å². The highest BCUT2D eigenvalue weighted by atomic mass is 19.1. The number of likely N-dealkylation sites (tertiary alicyclic amines) is 1. The van der Waals surface area contributed by atoms with Crippen LogP contribution < -0.4 is 10.6 Å². The molecule has 0 unspecified atom stereocenters. The van der Waals surface area contributed by atoms with Gasteiger partial charge < -0.3 is 10.6 Å². The second-order valence-electron chi connectivity index (χ2n) is 8.81. The van der Waals surface area contributed by atoms with Crippen LogP contribution >= 0.6 is 0 Å². The summed E-state index contributed by atoms with van der Waals surface area (Å²) in [6.07, 6.45) is 1.86. The summed E-state index contributed by atoms with van der Waals surface area (Å²) in [6.45, 7) is 2.04. The zero-order chi connectivity index (χ0) is 25.2. The van der Waals surface area contributed by atoms with Crippen LogP contribution in [-0.2, 0) is 16.0 Å². The monoisotopic (exact) mass is 487 g/mol. The summed E-state index contributed by atoms with van der Waals surface area (Å²) in [6, 6.07) is 23.3. The van der Waals surface area contributed by atoms with Crippen molar-refractivity contribution in [1.82, 2.24) is 10.2 Å². The van der Waals surface area contributed by atoms with E-state index in [0.29, 0.717) is 55.8 Å². The van der Waals surface area contributed by atoms with Gasteiger partial charge in [0.2, 0.25) is 11.8 Å². The van der Waals surface area contributed by atoms with Gasteiger partial charge in [0.25, 0.3) is 0 Å². The molecule has 8 heteroatoms. The Morgan fingerprint density at radius 1 is 0.861 bits per heavy atom. The molecular weight excluding hydrogens is 457 g/mol. The van der Waals surface area contributed by atoms with E-state index >= 15 is 0 Å². The van der Waals surface area contributed by atoms with Crippen LogP contribution in [0.4, 0.5) is 21.5 Å². The molecule has 7 nitrogen and oxygen atoms in total. The molecule has 2 amide bonds. The van der Waals surface area contributed by atoms with Crippen molar-refractivity contribution in [2.75, 3.05) is 31.5 Å². The molecule has 0 bridgehead atoms. The molecule has 1 aliphatic rings. The highest BCUT2D eigenvalue weighted by Crippen LogP contribution is 2.21. The lowest BCUT2D eigenvalue weighted by Crippen LogP contribution is -2.43. The Morgan fingerprint density at radius 3 is 2.19 bits per heavy atom. The van der Waals surface area contributed by atoms with Crippen LogP contribution in [0.15, 0.2) is 89.1 Å². The first-order chi connectivity index (χ1) is 17.6. The van der Waals surface area contributed by atoms with Gasteiger partial charge >= 0.3 is 0 Å². The van der Waals surface area contributed by atoms with E-state index in [1.54, 1.807) is 42.5 Å². The van der Waals surface area contributed by atoms with Crippen LogP contribution in [0.25, 0.3) is 0 Å². The summed E-state index contributed by atoms with van der Waals surface area (Å²) in [5, 5.41) is 14.2. The van der Waals surface area contributed by atoms with Gasteiger partial charge in [0, 0.05) is 18.2 Å². The molecule has 36 heavy (non-hydrogen) atoms. The number of carbonyl (C=O) groups is 2. The number of amides is 2. The molecule has 3 aromatic carbocycles. The molecule has 0 spiro atoms. The number of piperidine rings is 1. The number of rotatable bonds is 9. The van der Waals surface area contributed by atoms with Crippen molar-refractivity contribution in [1.29, 1.82) is 0 Å². The van der Waals surface area contributed by atoms with Gasteiger partial charge in [-0.3, -0.25) is 14.5 Å². The van der Waals surface area contributed by atoms with E-state index in [0.717, 1.165) is 5.69 Å². The average molecular weight is 488 g/mol. The molecule has 0 atom stereocenters. The lowest BCUT2D eigenvalue weighted by atomic mass is 9.96. The SMILES string of the molecule is O=C(CN1CCC(C(=O)NCCc2ccccc2F)CC1)Nc1ccc(N=Nc2ccccc2)cc1. The van der Waals surface area contributed by atoms with Crippen LogP contribution in [0.5, 0.6) is 0 Å². The molecule has 1 fully saturated rings. The maximum atomic E-state index is 13.7. The van der Waals surface area contributed by atoms with E-state index in [1.807, 2.05) is 30.3 Å². The molecule has 1 aliphatic heterocycles. The Balaban J connectivity index is 1.15. The van der Waals surface area contributed by atoms with Crippen molar-refractivity contribution >= 4 is 28.9 Å². The quantitative estimate of drug-likeness (QED) is 0.404. The number of carbonyl (C=O) groups excluding carboxylic acids is 2. The first-order valence-electron chi connectivity index (χ1n) is 12.2. The minimum absolute atomic E-state index is 0.0000521. The first-order valence-corrected chi connectivity index (χ1v) is 12.2. The molecule has 0 aliphatic carbocycles. The zero-order valence-electron chi connectivity index (χ0n) is 20.1. The number of hydrogen-bond acceptors (Lipinski definition) is 5. The van der Waals surface area contributed by atoms with Crippen LogP contribution in [-0.4, -0.2) is 42.9 Å². The second-order valence-corrected chi connectivity index (χ2v) is 8.81. The third-order valence-electron chi connectivity index (χ3n) is 6.17. The summed E-state index contributed by atoms with van der Waals surface area (Å²) in [4.78, 5) is 27.0. The van der Waals surface area contributed by atoms with E-state index < -0.39 is 0 Å². The summed E-state index contributed by atoms with van der Waals surface area (Å²) < 4.78 is 13.7. The highest BCUT2D eigenvalue weighted by Gasteiger charge is 2.25. The molecule has 1 saturated heterocycles. The number of azo groups is 1. The van der Waals surface area contributed by atoms with Crippen molar-refractivity contribution in [2.24, 2.45) is 16.1 Å². The van der Waals surface area contributed by atoms with E-state index in [1.165, 1.54) is 6.07 Å². The number of benzene rings is 3. The van der Waals surface area contributed by atoms with Crippen LogP contribution in [0.2, 0.25) is 0 Å². The molecule has 4 rings (SSSR count). The maximum Gasteiger partial charge on any atom is 0.238 e. The fraction of sp³-hybridized carbons (Fsp3) is 0.286. The van der Waals surface area contributed by atoms with Gasteiger partial charge in [-0.2, -0.15) is 10.2 Å². The maximum absolute atomic E-state index is 13.7. The third-order valence-corrected chi connectivity index (χ3v) is 6.17. The van der Waals surface area contributed by atoms with Crippen molar-refractivity contribution in [3.05, 3.63) is 90.2 Å². The van der Waals surface area contributed by atoms with E-state index in [2.05, 4.69) is 25.8 Å². The lowest BCUT2D eigenvalue weighted by Gasteiger charge is -2.30. The van der Waals surface area contributed by atoms with Crippen molar-refractivity contribution in [3.8, 4) is 0 Å². The van der Waals surface area contributed by atoms with Gasteiger partial charge in [-0.1, -0.05) is 36.4 Å². The fourth-order valence-corrected chi connectivity index (χ4v) is 4.14. The van der Waals surface area contributed by atoms with Crippen molar-refractivity contribution < 1.29 is 14.0 Å². The molecule has 3 aromatic rings. The Labute approximate surface area is 210 Å². The van der Waals surface area contributed by atoms with E-state index in [-0.39, 0.29) is 30.1 Å². The van der Waals surface area contributed by atoms with Crippen LogP contribution in [0.1, 0.15) is 18.4 Å². The predicted octanol–water partition coefficient (Wildman–Crippen LogP) is 5.25. The average Bonchev–Trinajstić information content (AvgIpc) is 2.90. The summed E-state index contributed by atoms with van der Waals surface area (Å²) in [5.41, 5.74) is 2.78. The Hall–Kier alpha value is -3.91. The van der Waals surface area contributed by atoms with E-state index in [9.17, 15) is 14.0 Å². The largest absolute Gasteiger partial charge is 0.356 e. The predicted molar refractivity (Wildman–Crippen MR) is 138 cm³/mol. The summed E-state index contributed by atoms with van der Waals surface area (Å²) in [7, 11) is 0. The van der Waals surface area contributed by atoms with Gasteiger partial charge in [0.05, 0.1) is 17.9 Å². The molecule has 0 aromatic heterocycles. The molecule has 0 saturated carbocycles. The van der Waals surface area contributed by atoms with Crippen LogP contribution in [0, 0.1) is 11.7 Å². The molecular formula is C28H30FN5O2. The highest BCUT2D eigenvalue weighted by molar-refractivity contribution is 5.92. The molecule has 1 heterocycles. The number of nitrogens with zero attached hydrogens (tertiary/aromatic N) is 3. The van der Waals surface area contributed by atoms with E-state index in [4.69, 9.17) is 0 Å². The standard InChI is InChI=1S/C28H30FN5O2/c29-26-9-5-4-6-21(26)14-17-30-28(36)22-15-18-34(19-16-22)20-27(35)31-23-10-12-25(13-11-23)33-32-24-7-2-1-3-8-24/h1-13,22H,14-20H2,(H,30,36)(H,31,35). The van der Waals surface area contributed by atoms with Crippen molar-refractivity contribution in [2.45, 2.75) is 19.3 Å². The normalized spacial score (nSPS) is 14.6.